The number of carbonyl (C=O) groups excluding carboxylic acids is 1. The second-order valence-corrected chi connectivity index (χ2v) is 8.54. The fourth-order valence-electron chi connectivity index (χ4n) is 4.85. The molecule has 1 saturated carbocycles. The van der Waals surface area contributed by atoms with Crippen molar-refractivity contribution in [1.29, 1.82) is 0 Å². The lowest BCUT2D eigenvalue weighted by Gasteiger charge is -2.37. The second-order valence-electron chi connectivity index (χ2n) is 8.15. The van der Waals surface area contributed by atoms with Crippen LogP contribution in [-0.2, 0) is 16.0 Å². The predicted molar refractivity (Wildman–Crippen MR) is 99.4 cm³/mol. The summed E-state index contributed by atoms with van der Waals surface area (Å²) in [6, 6.07) is 1.34. The molecule has 27 heavy (non-hydrogen) atoms. The highest BCUT2D eigenvalue weighted by molar-refractivity contribution is 6.29. The standard InChI is InChI=1S/C19H28ClN3O4/c20-17-8-14(27-22-17)4-5-18(24)21-15-6-7-26-16(19(15)25)11-23-9-12-2-1-3-13(12)10-23/h8,12-13,15-16,19,25H,1-7,9-11H2,(H,21,24)/t12-,13+,15-,16+,19-/m0/s1. The van der Waals surface area contributed by atoms with Crippen LogP contribution in [0.15, 0.2) is 10.6 Å². The monoisotopic (exact) mass is 397 g/mol. The summed E-state index contributed by atoms with van der Waals surface area (Å²) in [5.41, 5.74) is 0. The highest BCUT2D eigenvalue weighted by Crippen LogP contribution is 2.38. The SMILES string of the molecule is O=C(CCc1cc(Cl)no1)N[C@H]1CCO[C@H](CN2C[C@H]3CCC[C@H]3C2)[C@H]1O. The molecule has 4 rings (SSSR count). The molecule has 0 radical (unpaired) electrons. The van der Waals surface area contributed by atoms with E-state index < -0.39 is 6.10 Å². The summed E-state index contributed by atoms with van der Waals surface area (Å²) in [6.45, 7) is 3.55. The van der Waals surface area contributed by atoms with Crippen LogP contribution in [0.2, 0.25) is 5.15 Å². The minimum absolute atomic E-state index is 0.108. The average molecular weight is 398 g/mol. The van der Waals surface area contributed by atoms with E-state index in [9.17, 15) is 9.90 Å². The van der Waals surface area contributed by atoms with Gasteiger partial charge in [0.15, 0.2) is 5.15 Å². The lowest BCUT2D eigenvalue weighted by Crippen LogP contribution is -2.56. The average Bonchev–Trinajstić information content (AvgIpc) is 3.33. The van der Waals surface area contributed by atoms with Gasteiger partial charge in [-0.25, -0.2) is 0 Å². The summed E-state index contributed by atoms with van der Waals surface area (Å²) in [6.07, 6.45) is 4.46. The number of fused-ring (bicyclic) bond motifs is 1. The van der Waals surface area contributed by atoms with Crippen molar-refractivity contribution in [3.05, 3.63) is 17.0 Å². The first-order chi connectivity index (χ1) is 13.1. The molecule has 1 aromatic heterocycles. The number of carbonyl (C=O) groups is 1. The maximum atomic E-state index is 12.3. The Hall–Kier alpha value is -1.15. The largest absolute Gasteiger partial charge is 0.388 e. The number of likely N-dealkylation sites (tertiary alicyclic amines) is 1. The number of rotatable bonds is 6. The molecule has 3 heterocycles. The molecule has 2 aliphatic heterocycles. The molecule has 3 aliphatic rings. The molecule has 2 N–H and O–H groups in total. The number of hydrogen-bond donors (Lipinski definition) is 2. The van der Waals surface area contributed by atoms with E-state index in [0.29, 0.717) is 30.4 Å². The van der Waals surface area contributed by atoms with Crippen LogP contribution in [0.3, 0.4) is 0 Å². The first kappa shape index (κ1) is 19.2. The quantitative estimate of drug-likeness (QED) is 0.758. The zero-order valence-electron chi connectivity index (χ0n) is 15.5. The maximum absolute atomic E-state index is 12.3. The minimum Gasteiger partial charge on any atom is -0.388 e. The van der Waals surface area contributed by atoms with Crippen LogP contribution in [0.1, 0.15) is 37.9 Å². The first-order valence-corrected chi connectivity index (χ1v) is 10.4. The third-order valence-corrected chi connectivity index (χ3v) is 6.45. The van der Waals surface area contributed by atoms with Gasteiger partial charge in [0.2, 0.25) is 5.91 Å². The molecular weight excluding hydrogens is 370 g/mol. The molecular formula is C19H28ClN3O4. The van der Waals surface area contributed by atoms with Crippen molar-refractivity contribution in [2.75, 3.05) is 26.2 Å². The van der Waals surface area contributed by atoms with Crippen LogP contribution in [-0.4, -0.2) is 65.6 Å². The summed E-state index contributed by atoms with van der Waals surface area (Å²) in [7, 11) is 0. The van der Waals surface area contributed by atoms with Gasteiger partial charge in [0, 0.05) is 45.1 Å². The number of halogens is 1. The van der Waals surface area contributed by atoms with E-state index in [1.165, 1.54) is 19.3 Å². The summed E-state index contributed by atoms with van der Waals surface area (Å²) in [5, 5.41) is 17.6. The van der Waals surface area contributed by atoms with E-state index in [0.717, 1.165) is 31.5 Å². The van der Waals surface area contributed by atoms with Crippen molar-refractivity contribution in [1.82, 2.24) is 15.4 Å². The van der Waals surface area contributed by atoms with Gasteiger partial charge in [0.05, 0.1) is 12.1 Å². The summed E-state index contributed by atoms with van der Waals surface area (Å²) in [4.78, 5) is 14.7. The number of nitrogens with one attached hydrogen (secondary N) is 1. The fraction of sp³-hybridized carbons (Fsp3) is 0.789. The number of amides is 1. The number of nitrogens with zero attached hydrogens (tertiary/aromatic N) is 2. The molecule has 7 nitrogen and oxygen atoms in total. The summed E-state index contributed by atoms with van der Waals surface area (Å²) < 4.78 is 10.8. The van der Waals surface area contributed by atoms with E-state index in [-0.39, 0.29) is 24.5 Å². The van der Waals surface area contributed by atoms with Crippen molar-refractivity contribution in [3.8, 4) is 0 Å². The third-order valence-electron chi connectivity index (χ3n) is 6.27. The Labute approximate surface area is 164 Å². The van der Waals surface area contributed by atoms with Crippen LogP contribution < -0.4 is 5.32 Å². The van der Waals surface area contributed by atoms with E-state index in [4.69, 9.17) is 20.9 Å². The van der Waals surface area contributed by atoms with Crippen molar-refractivity contribution < 1.29 is 19.2 Å². The Morgan fingerprint density at radius 2 is 2.11 bits per heavy atom. The zero-order valence-corrected chi connectivity index (χ0v) is 16.2. The van der Waals surface area contributed by atoms with Crippen LogP contribution in [0.5, 0.6) is 0 Å². The fourth-order valence-corrected chi connectivity index (χ4v) is 5.01. The van der Waals surface area contributed by atoms with E-state index >= 15 is 0 Å². The van der Waals surface area contributed by atoms with Crippen LogP contribution >= 0.6 is 11.6 Å². The van der Waals surface area contributed by atoms with Crippen LogP contribution in [0.25, 0.3) is 0 Å². The first-order valence-electron chi connectivity index (χ1n) is 10.0. The number of aliphatic hydroxyl groups excluding tert-OH is 1. The summed E-state index contributed by atoms with van der Waals surface area (Å²) in [5.74, 6) is 2.12. The molecule has 0 unspecified atom stereocenters. The molecule has 0 spiro atoms. The number of aromatic nitrogens is 1. The molecule has 1 aliphatic carbocycles. The van der Waals surface area contributed by atoms with Crippen molar-refractivity contribution in [2.45, 2.75) is 56.8 Å². The van der Waals surface area contributed by atoms with Gasteiger partial charge in [-0.15, -0.1) is 0 Å². The Morgan fingerprint density at radius 3 is 2.81 bits per heavy atom. The van der Waals surface area contributed by atoms with E-state index in [2.05, 4.69) is 15.4 Å². The lowest BCUT2D eigenvalue weighted by molar-refractivity contribution is -0.129. The van der Waals surface area contributed by atoms with Crippen molar-refractivity contribution in [3.63, 3.8) is 0 Å². The zero-order chi connectivity index (χ0) is 18.8. The van der Waals surface area contributed by atoms with E-state index in [1.54, 1.807) is 6.07 Å². The van der Waals surface area contributed by atoms with Gasteiger partial charge < -0.3 is 24.6 Å². The third kappa shape index (κ3) is 4.65. The second kappa shape index (κ2) is 8.47. The van der Waals surface area contributed by atoms with E-state index in [1.807, 2.05) is 0 Å². The number of ether oxygens (including phenoxy) is 1. The molecule has 3 fully saturated rings. The van der Waals surface area contributed by atoms with Gasteiger partial charge in [0.25, 0.3) is 0 Å². The molecule has 1 aromatic rings. The Balaban J connectivity index is 1.24. The van der Waals surface area contributed by atoms with Gasteiger partial charge in [-0.1, -0.05) is 23.2 Å². The van der Waals surface area contributed by atoms with Gasteiger partial charge in [0.1, 0.15) is 11.9 Å². The highest BCUT2D eigenvalue weighted by Gasteiger charge is 2.40. The van der Waals surface area contributed by atoms with Gasteiger partial charge in [-0.3, -0.25) is 4.79 Å². The van der Waals surface area contributed by atoms with Gasteiger partial charge in [-0.2, -0.15) is 0 Å². The van der Waals surface area contributed by atoms with Gasteiger partial charge in [-0.05, 0) is 31.1 Å². The smallest absolute Gasteiger partial charge is 0.220 e. The molecule has 8 heteroatoms. The summed E-state index contributed by atoms with van der Waals surface area (Å²) >= 11 is 5.71. The molecule has 0 aromatic carbocycles. The normalized spacial score (nSPS) is 33.9. The maximum Gasteiger partial charge on any atom is 0.220 e. The number of aliphatic hydroxyl groups is 1. The number of aryl methyl sites for hydroxylation is 1. The highest BCUT2D eigenvalue weighted by atomic mass is 35.5. The minimum atomic E-state index is -0.678. The van der Waals surface area contributed by atoms with Gasteiger partial charge >= 0.3 is 0 Å². The Bertz CT molecular complexity index is 643. The Morgan fingerprint density at radius 1 is 1.33 bits per heavy atom. The van der Waals surface area contributed by atoms with Crippen LogP contribution in [0.4, 0.5) is 0 Å². The predicted octanol–water partition coefficient (Wildman–Crippen LogP) is 1.63. The molecule has 2 saturated heterocycles. The van der Waals surface area contributed by atoms with Crippen molar-refractivity contribution in [2.24, 2.45) is 11.8 Å². The topological polar surface area (TPSA) is 87.8 Å². The number of hydrogen-bond acceptors (Lipinski definition) is 6. The Kier molecular flexibility index (Phi) is 6.02. The lowest BCUT2D eigenvalue weighted by atomic mass is 9.98. The molecule has 150 valence electrons. The van der Waals surface area contributed by atoms with Crippen molar-refractivity contribution >= 4 is 17.5 Å². The molecule has 1 amide bonds. The van der Waals surface area contributed by atoms with Crippen LogP contribution in [0, 0.1) is 11.8 Å². The molecule has 5 atom stereocenters. The molecule has 0 bridgehead atoms.